The third-order valence-electron chi connectivity index (χ3n) is 3.15. The highest BCUT2D eigenvalue weighted by atomic mass is 32.1. The monoisotopic (exact) mass is 272 g/mol. The minimum atomic E-state index is 0.862. The number of hydrogen-bond donors (Lipinski definition) is 1. The number of benzene rings is 1. The lowest BCUT2D eigenvalue weighted by atomic mass is 10.2. The number of aromatic nitrogens is 2. The lowest BCUT2D eigenvalue weighted by molar-refractivity contribution is 0.415. The summed E-state index contributed by atoms with van der Waals surface area (Å²) < 4.78 is 5.22. The first kappa shape index (κ1) is 12.2. The highest BCUT2D eigenvalue weighted by molar-refractivity contribution is 7.09. The standard InChI is InChI=1S/C15H16N2OS/c1-18-11-7-8-13-14(10-11)17-15(16-13)6-2-4-12-5-3-9-19-12/h3,5,7-10H,2,4,6H2,1H3,(H,16,17). The molecule has 0 bridgehead atoms. The van der Waals surface area contributed by atoms with Crippen molar-refractivity contribution >= 4 is 22.4 Å². The Balaban J connectivity index is 1.67. The molecule has 4 heteroatoms. The topological polar surface area (TPSA) is 37.9 Å². The summed E-state index contributed by atoms with van der Waals surface area (Å²) in [5.74, 6) is 1.92. The Morgan fingerprint density at radius 2 is 2.21 bits per heavy atom. The number of ether oxygens (including phenoxy) is 1. The molecule has 2 aromatic heterocycles. The van der Waals surface area contributed by atoms with Gasteiger partial charge in [-0.15, -0.1) is 11.3 Å². The van der Waals surface area contributed by atoms with Crippen molar-refractivity contribution in [3.05, 3.63) is 46.4 Å². The normalized spacial score (nSPS) is 11.0. The van der Waals surface area contributed by atoms with E-state index in [1.54, 1.807) is 7.11 Å². The molecule has 0 aliphatic carbocycles. The number of nitrogens with zero attached hydrogens (tertiary/aromatic N) is 1. The number of nitrogens with one attached hydrogen (secondary N) is 1. The highest BCUT2D eigenvalue weighted by Crippen LogP contribution is 2.19. The van der Waals surface area contributed by atoms with E-state index in [2.05, 4.69) is 27.5 Å². The summed E-state index contributed by atoms with van der Waals surface area (Å²) in [5, 5.41) is 2.13. The molecule has 0 aliphatic heterocycles. The highest BCUT2D eigenvalue weighted by Gasteiger charge is 2.04. The smallest absolute Gasteiger partial charge is 0.121 e. The van der Waals surface area contributed by atoms with E-state index >= 15 is 0 Å². The molecule has 0 amide bonds. The van der Waals surface area contributed by atoms with Gasteiger partial charge in [-0.1, -0.05) is 6.07 Å². The van der Waals surface area contributed by atoms with Crippen LogP contribution in [0.2, 0.25) is 0 Å². The van der Waals surface area contributed by atoms with Gasteiger partial charge >= 0.3 is 0 Å². The first-order valence-corrected chi connectivity index (χ1v) is 7.28. The lowest BCUT2D eigenvalue weighted by Crippen LogP contribution is -1.90. The quantitative estimate of drug-likeness (QED) is 0.767. The van der Waals surface area contributed by atoms with Crippen molar-refractivity contribution in [1.29, 1.82) is 0 Å². The number of fused-ring (bicyclic) bond motifs is 1. The minimum Gasteiger partial charge on any atom is -0.497 e. The second kappa shape index (κ2) is 5.45. The van der Waals surface area contributed by atoms with Crippen LogP contribution in [0.25, 0.3) is 11.0 Å². The average molecular weight is 272 g/mol. The second-order valence-corrected chi connectivity index (χ2v) is 5.53. The molecule has 1 N–H and O–H groups in total. The third-order valence-corrected chi connectivity index (χ3v) is 4.09. The van der Waals surface area contributed by atoms with E-state index in [1.165, 1.54) is 4.88 Å². The zero-order valence-corrected chi connectivity index (χ0v) is 11.7. The van der Waals surface area contributed by atoms with Crippen molar-refractivity contribution in [3.63, 3.8) is 0 Å². The van der Waals surface area contributed by atoms with Crippen LogP contribution in [0.15, 0.2) is 35.7 Å². The van der Waals surface area contributed by atoms with Crippen molar-refractivity contribution in [2.45, 2.75) is 19.3 Å². The number of aryl methyl sites for hydroxylation is 2. The number of aromatic amines is 1. The maximum Gasteiger partial charge on any atom is 0.121 e. The van der Waals surface area contributed by atoms with Gasteiger partial charge < -0.3 is 9.72 Å². The van der Waals surface area contributed by atoms with E-state index in [9.17, 15) is 0 Å². The summed E-state index contributed by atoms with van der Waals surface area (Å²) in [6.45, 7) is 0. The second-order valence-electron chi connectivity index (χ2n) is 4.50. The van der Waals surface area contributed by atoms with Gasteiger partial charge in [0.05, 0.1) is 18.1 Å². The molecule has 2 heterocycles. The Morgan fingerprint density at radius 1 is 1.26 bits per heavy atom. The molecule has 0 fully saturated rings. The van der Waals surface area contributed by atoms with Gasteiger partial charge in [0.1, 0.15) is 11.6 Å². The molecule has 0 aliphatic rings. The average Bonchev–Trinajstić information content (AvgIpc) is 3.06. The van der Waals surface area contributed by atoms with Crippen LogP contribution in [0.3, 0.4) is 0 Å². The zero-order valence-electron chi connectivity index (χ0n) is 10.8. The van der Waals surface area contributed by atoms with E-state index in [-0.39, 0.29) is 0 Å². The number of hydrogen-bond acceptors (Lipinski definition) is 3. The van der Waals surface area contributed by atoms with Crippen LogP contribution < -0.4 is 4.74 Å². The van der Waals surface area contributed by atoms with Crippen molar-refractivity contribution in [1.82, 2.24) is 9.97 Å². The van der Waals surface area contributed by atoms with Gasteiger partial charge in [0, 0.05) is 17.4 Å². The van der Waals surface area contributed by atoms with E-state index in [1.807, 2.05) is 29.5 Å². The van der Waals surface area contributed by atoms with E-state index in [4.69, 9.17) is 4.74 Å². The zero-order chi connectivity index (χ0) is 13.1. The van der Waals surface area contributed by atoms with Crippen LogP contribution in [0.5, 0.6) is 5.75 Å². The van der Waals surface area contributed by atoms with Gasteiger partial charge in [0.15, 0.2) is 0 Å². The summed E-state index contributed by atoms with van der Waals surface area (Å²) >= 11 is 1.82. The third kappa shape index (κ3) is 2.79. The largest absolute Gasteiger partial charge is 0.497 e. The van der Waals surface area contributed by atoms with Crippen LogP contribution in [-0.4, -0.2) is 17.1 Å². The molecular weight excluding hydrogens is 256 g/mol. The Hall–Kier alpha value is -1.81. The van der Waals surface area contributed by atoms with E-state index in [0.29, 0.717) is 0 Å². The predicted molar refractivity (Wildman–Crippen MR) is 79.0 cm³/mol. The van der Waals surface area contributed by atoms with Crippen LogP contribution >= 0.6 is 11.3 Å². The first-order chi connectivity index (χ1) is 9.35. The number of methoxy groups -OCH3 is 1. The molecule has 0 radical (unpaired) electrons. The molecule has 19 heavy (non-hydrogen) atoms. The van der Waals surface area contributed by atoms with Crippen molar-refractivity contribution < 1.29 is 4.74 Å². The molecule has 0 atom stereocenters. The van der Waals surface area contributed by atoms with Gasteiger partial charge in [-0.3, -0.25) is 0 Å². The Kier molecular flexibility index (Phi) is 3.51. The molecular formula is C15H16N2OS. The van der Waals surface area contributed by atoms with E-state index < -0.39 is 0 Å². The van der Waals surface area contributed by atoms with Gasteiger partial charge in [-0.05, 0) is 36.4 Å². The molecule has 0 unspecified atom stereocenters. The molecule has 1 aromatic carbocycles. The molecule has 3 nitrogen and oxygen atoms in total. The fraction of sp³-hybridized carbons (Fsp3) is 0.267. The number of H-pyrrole nitrogens is 1. The van der Waals surface area contributed by atoms with Crippen LogP contribution in [0.4, 0.5) is 0 Å². The summed E-state index contributed by atoms with van der Waals surface area (Å²) in [5.41, 5.74) is 2.05. The van der Waals surface area contributed by atoms with Gasteiger partial charge in [0.25, 0.3) is 0 Å². The summed E-state index contributed by atoms with van der Waals surface area (Å²) in [6, 6.07) is 10.2. The fourth-order valence-corrected chi connectivity index (χ4v) is 2.92. The van der Waals surface area contributed by atoms with Gasteiger partial charge in [0.2, 0.25) is 0 Å². The summed E-state index contributed by atoms with van der Waals surface area (Å²) in [7, 11) is 1.68. The lowest BCUT2D eigenvalue weighted by Gasteiger charge is -1.97. The number of imidazole rings is 1. The maximum atomic E-state index is 5.22. The Morgan fingerprint density at radius 3 is 3.00 bits per heavy atom. The molecule has 0 saturated heterocycles. The van der Waals surface area contributed by atoms with Crippen LogP contribution in [0, 0.1) is 0 Å². The van der Waals surface area contributed by atoms with E-state index in [0.717, 1.165) is 41.9 Å². The molecule has 0 saturated carbocycles. The van der Waals surface area contributed by atoms with Crippen molar-refractivity contribution in [2.75, 3.05) is 7.11 Å². The van der Waals surface area contributed by atoms with Crippen molar-refractivity contribution in [2.24, 2.45) is 0 Å². The summed E-state index contributed by atoms with van der Waals surface area (Å²) in [6.07, 6.45) is 3.23. The van der Waals surface area contributed by atoms with Crippen LogP contribution in [-0.2, 0) is 12.8 Å². The predicted octanol–water partition coefficient (Wildman–Crippen LogP) is 3.81. The summed E-state index contributed by atoms with van der Waals surface area (Å²) in [4.78, 5) is 9.40. The maximum absolute atomic E-state index is 5.22. The fourth-order valence-electron chi connectivity index (χ4n) is 2.17. The molecule has 3 rings (SSSR count). The molecule has 3 aromatic rings. The Labute approximate surface area is 116 Å². The minimum absolute atomic E-state index is 0.862. The number of rotatable bonds is 5. The first-order valence-electron chi connectivity index (χ1n) is 6.40. The van der Waals surface area contributed by atoms with Gasteiger partial charge in [-0.25, -0.2) is 4.98 Å². The van der Waals surface area contributed by atoms with Gasteiger partial charge in [-0.2, -0.15) is 0 Å². The molecule has 98 valence electrons. The number of thiophene rings is 1. The Bertz CT molecular complexity index is 658. The SMILES string of the molecule is COc1ccc2nc(CCCc3cccs3)[nH]c2c1. The molecule has 0 spiro atoms. The van der Waals surface area contributed by atoms with Crippen molar-refractivity contribution in [3.8, 4) is 5.75 Å². The van der Waals surface area contributed by atoms with Crippen LogP contribution in [0.1, 0.15) is 17.1 Å².